The van der Waals surface area contributed by atoms with Crippen LogP contribution in [0.3, 0.4) is 0 Å². The molecule has 0 amide bonds. The Balaban J connectivity index is 2.29. The number of ether oxygens (including phenoxy) is 3. The van der Waals surface area contributed by atoms with Gasteiger partial charge in [-0.2, -0.15) is 0 Å². The molecule has 0 aromatic carbocycles. The molecule has 2 rings (SSSR count). The van der Waals surface area contributed by atoms with E-state index in [4.69, 9.17) is 14.2 Å². The first-order valence-electron chi connectivity index (χ1n) is 8.60. The van der Waals surface area contributed by atoms with Gasteiger partial charge in [0, 0.05) is 0 Å². The van der Waals surface area contributed by atoms with E-state index in [1.165, 1.54) is 6.08 Å². The van der Waals surface area contributed by atoms with Gasteiger partial charge in [0.2, 0.25) is 5.79 Å². The normalized spacial score (nSPS) is 47.9. The first-order chi connectivity index (χ1) is 12.7. The molecule has 2 heterocycles. The average Bonchev–Trinajstić information content (AvgIpc) is 2.92. The van der Waals surface area contributed by atoms with Gasteiger partial charge in [0.1, 0.15) is 48.8 Å². The molecule has 2 aliphatic heterocycles. The smallest absolute Gasteiger partial charge is 0.224 e. The maximum atomic E-state index is 10.8. The van der Waals surface area contributed by atoms with Gasteiger partial charge in [-0.15, -0.1) is 6.58 Å². The molecule has 27 heavy (non-hydrogen) atoms. The summed E-state index contributed by atoms with van der Waals surface area (Å²) < 4.78 is 15.9. The van der Waals surface area contributed by atoms with Crippen LogP contribution in [-0.2, 0) is 14.2 Å². The SMILES string of the molecule is C=CCC[C@@]1(O)[C@@H](O)[C@@H](O[C@@]2(CO)O[C@@H](CO)[C@@H](O)[C@H]2O)O[C@@H](CO)[C@@H]1O. The molecule has 0 spiro atoms. The summed E-state index contributed by atoms with van der Waals surface area (Å²) in [5.41, 5.74) is -2.15. The van der Waals surface area contributed by atoms with Gasteiger partial charge in [0.05, 0.1) is 13.2 Å². The van der Waals surface area contributed by atoms with Crippen molar-refractivity contribution in [3.8, 4) is 0 Å². The van der Waals surface area contributed by atoms with Crippen molar-refractivity contribution in [3.05, 3.63) is 12.7 Å². The molecule has 2 saturated heterocycles. The quantitative estimate of drug-likeness (QED) is 0.186. The molecule has 9 atom stereocenters. The van der Waals surface area contributed by atoms with E-state index in [2.05, 4.69) is 6.58 Å². The zero-order chi connectivity index (χ0) is 20.4. The third-order valence-electron chi connectivity index (χ3n) is 5.09. The summed E-state index contributed by atoms with van der Waals surface area (Å²) in [7, 11) is 0. The van der Waals surface area contributed by atoms with E-state index < -0.39 is 74.1 Å². The van der Waals surface area contributed by atoms with Gasteiger partial charge in [0.15, 0.2) is 6.29 Å². The number of hydrogen-bond donors (Lipinski definition) is 8. The zero-order valence-electron chi connectivity index (χ0n) is 14.7. The Kier molecular flexibility index (Phi) is 7.33. The van der Waals surface area contributed by atoms with E-state index in [0.29, 0.717) is 0 Å². The molecule has 0 aromatic rings. The van der Waals surface area contributed by atoms with Crippen LogP contribution in [-0.4, -0.2) is 115 Å². The number of aliphatic hydroxyl groups excluding tert-OH is 7. The van der Waals surface area contributed by atoms with Crippen molar-refractivity contribution in [1.82, 2.24) is 0 Å². The lowest BCUT2D eigenvalue weighted by molar-refractivity contribution is -0.397. The summed E-state index contributed by atoms with van der Waals surface area (Å²) in [5.74, 6) is -2.26. The topological polar surface area (TPSA) is 190 Å². The molecular formula is C16H28O11. The lowest BCUT2D eigenvalue weighted by atomic mass is 9.80. The molecule has 0 unspecified atom stereocenters. The van der Waals surface area contributed by atoms with Crippen molar-refractivity contribution in [2.24, 2.45) is 0 Å². The predicted molar refractivity (Wildman–Crippen MR) is 87.0 cm³/mol. The summed E-state index contributed by atoms with van der Waals surface area (Å²) in [4.78, 5) is 0. The van der Waals surface area contributed by atoms with Crippen molar-refractivity contribution < 1.29 is 55.1 Å². The van der Waals surface area contributed by atoms with Crippen LogP contribution in [0.1, 0.15) is 12.8 Å². The number of allylic oxidation sites excluding steroid dienone is 1. The first kappa shape index (κ1) is 22.6. The Morgan fingerprint density at radius 2 is 1.59 bits per heavy atom. The highest BCUT2D eigenvalue weighted by Gasteiger charge is 2.61. The fraction of sp³-hybridized carbons (Fsp3) is 0.875. The van der Waals surface area contributed by atoms with Crippen LogP contribution in [0.5, 0.6) is 0 Å². The van der Waals surface area contributed by atoms with Crippen LogP contribution in [0.25, 0.3) is 0 Å². The van der Waals surface area contributed by atoms with Crippen LogP contribution >= 0.6 is 0 Å². The highest BCUT2D eigenvalue weighted by molar-refractivity contribution is 5.04. The standard InChI is InChI=1S/C16H28O11/c1-2-3-4-15(24)11(21)9(6-18)25-14(13(15)23)27-16(7-19)12(22)10(20)8(5-17)26-16/h2,8-14,17-24H,1,3-7H2/t8-,9-,10+,11-,12+,13-,14+,15-,16+/m0/s1. The number of hydrogen-bond acceptors (Lipinski definition) is 11. The summed E-state index contributed by atoms with van der Waals surface area (Å²) in [6, 6.07) is 0. The molecule has 11 heteroatoms. The molecule has 11 nitrogen and oxygen atoms in total. The fourth-order valence-corrected chi connectivity index (χ4v) is 3.38. The second kappa shape index (κ2) is 8.76. The minimum Gasteiger partial charge on any atom is -0.394 e. The molecule has 2 aliphatic rings. The van der Waals surface area contributed by atoms with Crippen LogP contribution in [0.4, 0.5) is 0 Å². The Hall–Kier alpha value is -0.700. The Morgan fingerprint density at radius 1 is 0.963 bits per heavy atom. The summed E-state index contributed by atoms with van der Waals surface area (Å²) >= 11 is 0. The number of rotatable bonds is 8. The lowest BCUT2D eigenvalue weighted by Gasteiger charge is -2.49. The minimum absolute atomic E-state index is 0.143. The van der Waals surface area contributed by atoms with E-state index in [0.717, 1.165) is 0 Å². The van der Waals surface area contributed by atoms with E-state index in [-0.39, 0.29) is 12.8 Å². The van der Waals surface area contributed by atoms with Crippen molar-refractivity contribution >= 4 is 0 Å². The van der Waals surface area contributed by atoms with Crippen molar-refractivity contribution in [2.75, 3.05) is 19.8 Å². The second-order valence-corrected chi connectivity index (χ2v) is 6.80. The monoisotopic (exact) mass is 396 g/mol. The van der Waals surface area contributed by atoms with Gasteiger partial charge in [-0.1, -0.05) is 6.08 Å². The predicted octanol–water partition coefficient (Wildman–Crippen LogP) is -4.06. The third kappa shape index (κ3) is 3.91. The summed E-state index contributed by atoms with van der Waals surface area (Å²) in [5, 5.41) is 80.0. The maximum Gasteiger partial charge on any atom is 0.224 e. The molecule has 0 aliphatic carbocycles. The van der Waals surface area contributed by atoms with Crippen molar-refractivity contribution in [2.45, 2.75) is 67.1 Å². The fourth-order valence-electron chi connectivity index (χ4n) is 3.38. The Morgan fingerprint density at radius 3 is 2.07 bits per heavy atom. The summed E-state index contributed by atoms with van der Waals surface area (Å²) in [6.45, 7) is 1.12. The van der Waals surface area contributed by atoms with Crippen molar-refractivity contribution in [1.29, 1.82) is 0 Å². The summed E-state index contributed by atoms with van der Waals surface area (Å²) in [6.07, 6.45) is -9.76. The minimum atomic E-state index is -2.26. The van der Waals surface area contributed by atoms with Gasteiger partial charge < -0.3 is 55.1 Å². The van der Waals surface area contributed by atoms with Gasteiger partial charge in [-0.25, -0.2) is 0 Å². The molecule has 2 fully saturated rings. The average molecular weight is 396 g/mol. The van der Waals surface area contributed by atoms with Crippen LogP contribution in [0.2, 0.25) is 0 Å². The molecule has 8 N–H and O–H groups in total. The van der Waals surface area contributed by atoms with Crippen LogP contribution < -0.4 is 0 Å². The van der Waals surface area contributed by atoms with E-state index in [1.54, 1.807) is 0 Å². The Bertz CT molecular complexity index is 505. The van der Waals surface area contributed by atoms with Crippen LogP contribution in [0, 0.1) is 0 Å². The Labute approximate surface area is 155 Å². The highest BCUT2D eigenvalue weighted by Crippen LogP contribution is 2.39. The molecular weight excluding hydrogens is 368 g/mol. The second-order valence-electron chi connectivity index (χ2n) is 6.80. The third-order valence-corrected chi connectivity index (χ3v) is 5.09. The van der Waals surface area contributed by atoms with Crippen LogP contribution in [0.15, 0.2) is 12.7 Å². The largest absolute Gasteiger partial charge is 0.394 e. The van der Waals surface area contributed by atoms with Crippen molar-refractivity contribution in [3.63, 3.8) is 0 Å². The lowest BCUT2D eigenvalue weighted by Crippen LogP contribution is -2.69. The zero-order valence-corrected chi connectivity index (χ0v) is 14.7. The van der Waals surface area contributed by atoms with Gasteiger partial charge in [0.25, 0.3) is 0 Å². The molecule has 158 valence electrons. The molecule has 0 saturated carbocycles. The molecule has 0 radical (unpaired) electrons. The first-order valence-corrected chi connectivity index (χ1v) is 8.60. The van der Waals surface area contributed by atoms with Gasteiger partial charge >= 0.3 is 0 Å². The number of aliphatic hydroxyl groups is 8. The molecule has 0 aromatic heterocycles. The maximum absolute atomic E-state index is 10.8. The van der Waals surface area contributed by atoms with E-state index >= 15 is 0 Å². The van der Waals surface area contributed by atoms with Gasteiger partial charge in [-0.05, 0) is 12.8 Å². The van der Waals surface area contributed by atoms with E-state index in [1.807, 2.05) is 0 Å². The highest BCUT2D eigenvalue weighted by atomic mass is 16.8. The van der Waals surface area contributed by atoms with Gasteiger partial charge in [-0.3, -0.25) is 0 Å². The molecule has 0 bridgehead atoms. The van der Waals surface area contributed by atoms with E-state index in [9.17, 15) is 40.9 Å².